The summed E-state index contributed by atoms with van der Waals surface area (Å²) in [6, 6.07) is 2.51. The Balaban J connectivity index is 1.95. The van der Waals surface area contributed by atoms with Gasteiger partial charge in [-0.3, -0.25) is 9.59 Å². The van der Waals surface area contributed by atoms with Crippen LogP contribution in [0, 0.1) is 0 Å². The van der Waals surface area contributed by atoms with Crippen molar-refractivity contribution in [2.75, 3.05) is 13.1 Å². The Bertz CT molecular complexity index is 563. The molecule has 0 aromatic carbocycles. The number of thiophene rings is 1. The zero-order valence-corrected chi connectivity index (χ0v) is 12.2. The fourth-order valence-electron chi connectivity index (χ4n) is 2.15. The Labute approximate surface area is 124 Å². The van der Waals surface area contributed by atoms with Gasteiger partial charge in [0.1, 0.15) is 6.04 Å². The molecule has 1 aromatic rings. The van der Waals surface area contributed by atoms with Crippen LogP contribution in [-0.4, -0.2) is 52.6 Å². The molecule has 2 atom stereocenters. The van der Waals surface area contributed by atoms with Gasteiger partial charge in [-0.2, -0.15) is 0 Å². The maximum atomic E-state index is 13.9. The number of carboxylic acids is 1. The quantitative estimate of drug-likeness (QED) is 0.864. The number of aliphatic carboxylic acids is 1. The highest BCUT2D eigenvalue weighted by molar-refractivity contribution is 7.12. The molecule has 1 aromatic heterocycles. The van der Waals surface area contributed by atoms with Gasteiger partial charge in [0.2, 0.25) is 11.6 Å². The predicted octanol–water partition coefficient (Wildman–Crippen LogP) is 0.892. The van der Waals surface area contributed by atoms with Crippen molar-refractivity contribution in [3.8, 4) is 0 Å². The van der Waals surface area contributed by atoms with E-state index in [9.17, 15) is 18.8 Å². The molecule has 2 unspecified atom stereocenters. The van der Waals surface area contributed by atoms with Gasteiger partial charge in [0, 0.05) is 13.0 Å². The molecule has 1 fully saturated rings. The lowest BCUT2D eigenvalue weighted by Crippen LogP contribution is -2.47. The second kappa shape index (κ2) is 5.80. The molecule has 1 aliphatic rings. The molecule has 0 saturated carbocycles. The number of amides is 2. The highest BCUT2D eigenvalue weighted by Crippen LogP contribution is 2.26. The molecule has 0 aliphatic carbocycles. The van der Waals surface area contributed by atoms with E-state index in [2.05, 4.69) is 5.32 Å². The molecule has 2 amide bonds. The Morgan fingerprint density at radius 3 is 2.76 bits per heavy atom. The van der Waals surface area contributed by atoms with Gasteiger partial charge in [-0.25, -0.2) is 9.18 Å². The third kappa shape index (κ3) is 3.21. The van der Waals surface area contributed by atoms with E-state index in [4.69, 9.17) is 5.11 Å². The van der Waals surface area contributed by atoms with Gasteiger partial charge in [-0.05, 0) is 18.4 Å². The number of nitrogens with one attached hydrogen (secondary N) is 1. The minimum Gasteiger partial charge on any atom is -0.479 e. The van der Waals surface area contributed by atoms with Gasteiger partial charge < -0.3 is 15.3 Å². The van der Waals surface area contributed by atoms with E-state index in [1.807, 2.05) is 0 Å². The normalized spacial score (nSPS) is 22.9. The summed E-state index contributed by atoms with van der Waals surface area (Å²) in [7, 11) is 0. The fourth-order valence-corrected chi connectivity index (χ4v) is 2.77. The highest BCUT2D eigenvalue weighted by atomic mass is 32.1. The van der Waals surface area contributed by atoms with Gasteiger partial charge in [0.15, 0.2) is 0 Å². The zero-order chi connectivity index (χ0) is 15.6. The van der Waals surface area contributed by atoms with Crippen molar-refractivity contribution in [1.82, 2.24) is 10.2 Å². The van der Waals surface area contributed by atoms with E-state index in [0.717, 1.165) is 4.90 Å². The van der Waals surface area contributed by atoms with Crippen LogP contribution >= 0.6 is 11.3 Å². The first-order valence-corrected chi connectivity index (χ1v) is 7.27. The van der Waals surface area contributed by atoms with E-state index >= 15 is 0 Å². The second-order valence-corrected chi connectivity index (χ2v) is 5.90. The van der Waals surface area contributed by atoms with Crippen LogP contribution in [0.3, 0.4) is 0 Å². The zero-order valence-electron chi connectivity index (χ0n) is 11.3. The lowest BCUT2D eigenvalue weighted by Gasteiger charge is -2.22. The largest absolute Gasteiger partial charge is 0.479 e. The van der Waals surface area contributed by atoms with E-state index in [1.54, 1.807) is 17.5 Å². The molecule has 1 aliphatic heterocycles. The monoisotopic (exact) mass is 314 g/mol. The molecule has 2 N–H and O–H groups in total. The number of hydrogen-bond acceptors (Lipinski definition) is 4. The summed E-state index contributed by atoms with van der Waals surface area (Å²) in [5, 5.41) is 13.1. The maximum absolute atomic E-state index is 13.9. The van der Waals surface area contributed by atoms with Gasteiger partial charge in [0.25, 0.3) is 5.91 Å². The molecule has 21 heavy (non-hydrogen) atoms. The van der Waals surface area contributed by atoms with E-state index in [1.165, 1.54) is 18.3 Å². The molecule has 114 valence electrons. The van der Waals surface area contributed by atoms with Crippen molar-refractivity contribution in [2.24, 2.45) is 0 Å². The summed E-state index contributed by atoms with van der Waals surface area (Å²) in [5.74, 6) is -2.43. The Morgan fingerprint density at radius 2 is 2.24 bits per heavy atom. The number of likely N-dealkylation sites (tertiary alicyclic amines) is 1. The number of alkyl halides is 1. The number of nitrogens with zero attached hydrogens (tertiary/aromatic N) is 1. The molecular weight excluding hydrogens is 299 g/mol. The SMILES string of the molecule is CC(NC(=O)c1cccs1)C(=O)N1CCC(F)(C(=O)O)C1. The third-order valence-electron chi connectivity index (χ3n) is 3.38. The van der Waals surface area contributed by atoms with Crippen molar-refractivity contribution < 1.29 is 23.9 Å². The van der Waals surface area contributed by atoms with Crippen LogP contribution in [0.15, 0.2) is 17.5 Å². The molecule has 0 bridgehead atoms. The first kappa shape index (κ1) is 15.4. The van der Waals surface area contributed by atoms with Crippen molar-refractivity contribution >= 4 is 29.1 Å². The molecule has 2 heterocycles. The van der Waals surface area contributed by atoms with Crippen LogP contribution in [0.1, 0.15) is 23.0 Å². The molecular formula is C13H15FN2O4S. The van der Waals surface area contributed by atoms with Crippen LogP contribution in [0.5, 0.6) is 0 Å². The van der Waals surface area contributed by atoms with E-state index in [0.29, 0.717) is 4.88 Å². The third-order valence-corrected chi connectivity index (χ3v) is 4.25. The lowest BCUT2D eigenvalue weighted by molar-refractivity contribution is -0.150. The molecule has 6 nitrogen and oxygen atoms in total. The number of carbonyl (C=O) groups excluding carboxylic acids is 2. The minimum atomic E-state index is -2.40. The van der Waals surface area contributed by atoms with Gasteiger partial charge in [-0.15, -0.1) is 11.3 Å². The van der Waals surface area contributed by atoms with Gasteiger partial charge >= 0.3 is 5.97 Å². The maximum Gasteiger partial charge on any atom is 0.343 e. The average molecular weight is 314 g/mol. The van der Waals surface area contributed by atoms with E-state index in [-0.39, 0.29) is 18.9 Å². The molecule has 0 radical (unpaired) electrons. The van der Waals surface area contributed by atoms with Crippen LogP contribution in [0.4, 0.5) is 4.39 Å². The minimum absolute atomic E-state index is 0.0286. The van der Waals surface area contributed by atoms with Crippen LogP contribution in [0.2, 0.25) is 0 Å². The molecule has 1 saturated heterocycles. The van der Waals surface area contributed by atoms with Crippen molar-refractivity contribution in [2.45, 2.75) is 25.1 Å². The molecule has 8 heteroatoms. The average Bonchev–Trinajstić information content (AvgIpc) is 3.07. The first-order chi connectivity index (χ1) is 9.83. The highest BCUT2D eigenvalue weighted by Gasteiger charge is 2.47. The molecule has 0 spiro atoms. The predicted molar refractivity (Wildman–Crippen MR) is 73.9 cm³/mol. The number of carbonyl (C=O) groups is 3. The number of rotatable bonds is 4. The molecule has 2 rings (SSSR count). The Morgan fingerprint density at radius 1 is 1.52 bits per heavy atom. The standard InChI is InChI=1S/C13H15FN2O4S/c1-8(15-10(17)9-3-2-6-21-9)11(18)16-5-4-13(14,7-16)12(19)20/h2-3,6,8H,4-5,7H2,1H3,(H,15,17)(H,19,20). The fraction of sp³-hybridized carbons (Fsp3) is 0.462. The van der Waals surface area contributed by atoms with Crippen molar-refractivity contribution in [3.05, 3.63) is 22.4 Å². The summed E-state index contributed by atoms with van der Waals surface area (Å²) >= 11 is 1.25. The van der Waals surface area contributed by atoms with Crippen LogP contribution in [-0.2, 0) is 9.59 Å². The summed E-state index contributed by atoms with van der Waals surface area (Å²) in [6.45, 7) is 1.04. The Kier molecular flexibility index (Phi) is 4.26. The topological polar surface area (TPSA) is 86.7 Å². The number of carboxylic acid groups (broad SMARTS) is 1. The van der Waals surface area contributed by atoms with Crippen molar-refractivity contribution in [3.63, 3.8) is 0 Å². The summed E-state index contributed by atoms with van der Waals surface area (Å²) in [4.78, 5) is 36.4. The number of hydrogen-bond donors (Lipinski definition) is 2. The smallest absolute Gasteiger partial charge is 0.343 e. The van der Waals surface area contributed by atoms with Crippen LogP contribution < -0.4 is 5.32 Å². The number of halogens is 1. The second-order valence-electron chi connectivity index (χ2n) is 4.95. The summed E-state index contributed by atoms with van der Waals surface area (Å²) in [6.07, 6.45) is -0.236. The summed E-state index contributed by atoms with van der Waals surface area (Å²) in [5.41, 5.74) is -2.40. The first-order valence-electron chi connectivity index (χ1n) is 6.39. The Hall–Kier alpha value is -1.96. The van der Waals surface area contributed by atoms with E-state index < -0.39 is 30.1 Å². The lowest BCUT2D eigenvalue weighted by atomic mass is 10.1. The van der Waals surface area contributed by atoms with Crippen molar-refractivity contribution in [1.29, 1.82) is 0 Å². The van der Waals surface area contributed by atoms with Gasteiger partial charge in [0.05, 0.1) is 11.4 Å². The van der Waals surface area contributed by atoms with Gasteiger partial charge in [-0.1, -0.05) is 6.07 Å². The van der Waals surface area contributed by atoms with Crippen LogP contribution in [0.25, 0.3) is 0 Å². The summed E-state index contributed by atoms with van der Waals surface area (Å²) < 4.78 is 13.9.